The zero-order valence-electron chi connectivity index (χ0n) is 14.6. The molecular formula is C21H22FNO3. The molecule has 3 atom stereocenters. The number of aliphatic carboxylic acids is 1. The molecule has 2 aromatic carbocycles. The Morgan fingerprint density at radius 3 is 2.38 bits per heavy atom. The third-order valence-electron chi connectivity index (χ3n) is 5.14. The van der Waals surface area contributed by atoms with Crippen molar-refractivity contribution >= 4 is 11.9 Å². The number of likely N-dealkylation sites (tertiary alicyclic amines) is 1. The van der Waals surface area contributed by atoms with Gasteiger partial charge in [0.05, 0.1) is 5.92 Å². The van der Waals surface area contributed by atoms with Gasteiger partial charge in [-0.05, 0) is 29.2 Å². The highest BCUT2D eigenvalue weighted by molar-refractivity contribution is 5.80. The molecule has 0 radical (unpaired) electrons. The second-order valence-electron chi connectivity index (χ2n) is 6.92. The summed E-state index contributed by atoms with van der Waals surface area (Å²) in [7, 11) is 0. The molecule has 4 nitrogen and oxygen atoms in total. The van der Waals surface area contributed by atoms with Crippen molar-refractivity contribution in [3.05, 3.63) is 71.5 Å². The van der Waals surface area contributed by atoms with E-state index in [1.807, 2.05) is 37.3 Å². The fourth-order valence-electron chi connectivity index (χ4n) is 3.60. The van der Waals surface area contributed by atoms with Gasteiger partial charge < -0.3 is 10.0 Å². The molecule has 2 aromatic rings. The van der Waals surface area contributed by atoms with Gasteiger partial charge in [0.2, 0.25) is 5.91 Å². The number of carbonyl (C=O) groups is 2. The fraction of sp³-hybridized carbons (Fsp3) is 0.333. The molecule has 1 N–H and O–H groups in total. The summed E-state index contributed by atoms with van der Waals surface area (Å²) in [5, 5.41) is 9.56. The van der Waals surface area contributed by atoms with Gasteiger partial charge in [0, 0.05) is 25.4 Å². The average Bonchev–Trinajstić information content (AvgIpc) is 3.09. The Hall–Kier alpha value is -2.69. The SMILES string of the molecule is CC(CC(=O)N1C[C@H](C(=O)O)[C@H](c2ccccc2)C1)c1ccc(F)cc1. The molecule has 1 amide bonds. The smallest absolute Gasteiger partial charge is 0.308 e. The van der Waals surface area contributed by atoms with Gasteiger partial charge in [-0.3, -0.25) is 9.59 Å². The quantitative estimate of drug-likeness (QED) is 0.891. The molecule has 0 bridgehead atoms. The Labute approximate surface area is 152 Å². The number of amides is 1. The van der Waals surface area contributed by atoms with E-state index in [0.717, 1.165) is 11.1 Å². The zero-order valence-corrected chi connectivity index (χ0v) is 14.6. The molecule has 0 aliphatic carbocycles. The number of rotatable bonds is 5. The summed E-state index contributed by atoms with van der Waals surface area (Å²) in [6.07, 6.45) is 0.277. The van der Waals surface area contributed by atoms with Gasteiger partial charge in [0.25, 0.3) is 0 Å². The topological polar surface area (TPSA) is 57.6 Å². The van der Waals surface area contributed by atoms with Crippen molar-refractivity contribution in [3.63, 3.8) is 0 Å². The van der Waals surface area contributed by atoms with Gasteiger partial charge in [-0.2, -0.15) is 0 Å². The highest BCUT2D eigenvalue weighted by Crippen LogP contribution is 2.34. The molecule has 1 heterocycles. The van der Waals surface area contributed by atoms with Gasteiger partial charge in [0.1, 0.15) is 5.82 Å². The second kappa shape index (κ2) is 7.68. The lowest BCUT2D eigenvalue weighted by molar-refractivity contribution is -0.141. The lowest BCUT2D eigenvalue weighted by atomic mass is 9.89. The van der Waals surface area contributed by atoms with Crippen LogP contribution in [0.4, 0.5) is 4.39 Å². The van der Waals surface area contributed by atoms with Crippen molar-refractivity contribution in [2.75, 3.05) is 13.1 Å². The van der Waals surface area contributed by atoms with Crippen LogP contribution >= 0.6 is 0 Å². The van der Waals surface area contributed by atoms with E-state index < -0.39 is 11.9 Å². The van der Waals surface area contributed by atoms with Crippen LogP contribution in [-0.4, -0.2) is 35.0 Å². The number of carboxylic acid groups (broad SMARTS) is 1. The van der Waals surface area contributed by atoms with Crippen LogP contribution in [0.3, 0.4) is 0 Å². The average molecular weight is 355 g/mol. The third-order valence-corrected chi connectivity index (χ3v) is 5.14. The van der Waals surface area contributed by atoms with Crippen molar-refractivity contribution in [1.29, 1.82) is 0 Å². The molecule has 1 aliphatic heterocycles. The molecule has 1 fully saturated rings. The first-order valence-electron chi connectivity index (χ1n) is 8.76. The van der Waals surface area contributed by atoms with E-state index in [2.05, 4.69) is 0 Å². The minimum absolute atomic E-state index is 0.0536. The molecular weight excluding hydrogens is 333 g/mol. The number of nitrogens with zero attached hydrogens (tertiary/aromatic N) is 1. The van der Waals surface area contributed by atoms with Crippen LogP contribution in [0.15, 0.2) is 54.6 Å². The zero-order chi connectivity index (χ0) is 18.7. The highest BCUT2D eigenvalue weighted by Gasteiger charge is 2.40. The maximum Gasteiger partial charge on any atom is 0.308 e. The van der Waals surface area contributed by atoms with Crippen molar-refractivity contribution < 1.29 is 19.1 Å². The first-order valence-corrected chi connectivity index (χ1v) is 8.76. The van der Waals surface area contributed by atoms with Crippen LogP contribution in [0.5, 0.6) is 0 Å². The van der Waals surface area contributed by atoms with E-state index in [0.29, 0.717) is 6.54 Å². The summed E-state index contributed by atoms with van der Waals surface area (Å²) in [6, 6.07) is 15.6. The van der Waals surface area contributed by atoms with Crippen LogP contribution in [0.2, 0.25) is 0 Å². The van der Waals surface area contributed by atoms with Crippen molar-refractivity contribution in [1.82, 2.24) is 4.90 Å². The molecule has 26 heavy (non-hydrogen) atoms. The van der Waals surface area contributed by atoms with Crippen LogP contribution in [0.25, 0.3) is 0 Å². The van der Waals surface area contributed by atoms with Crippen LogP contribution in [0, 0.1) is 11.7 Å². The van der Waals surface area contributed by atoms with Gasteiger partial charge in [-0.1, -0.05) is 49.4 Å². The summed E-state index contributed by atoms with van der Waals surface area (Å²) in [4.78, 5) is 26.0. The summed E-state index contributed by atoms with van der Waals surface area (Å²) >= 11 is 0. The monoisotopic (exact) mass is 355 g/mol. The molecule has 0 spiro atoms. The normalized spacial score (nSPS) is 20.8. The summed E-state index contributed by atoms with van der Waals surface area (Å²) < 4.78 is 13.1. The standard InChI is InChI=1S/C21H22FNO3/c1-14(15-7-9-17(22)10-8-15)11-20(24)23-12-18(19(13-23)21(25)26)16-5-3-2-4-6-16/h2-10,14,18-19H,11-13H2,1H3,(H,25,26)/t14?,18-,19-/m0/s1. The lowest BCUT2D eigenvalue weighted by Gasteiger charge is -2.19. The highest BCUT2D eigenvalue weighted by atomic mass is 19.1. The maximum absolute atomic E-state index is 13.1. The Kier molecular flexibility index (Phi) is 5.35. The van der Waals surface area contributed by atoms with Gasteiger partial charge in [-0.15, -0.1) is 0 Å². The first-order chi connectivity index (χ1) is 12.5. The summed E-state index contributed by atoms with van der Waals surface area (Å²) in [5.74, 6) is -2.09. The minimum atomic E-state index is -0.874. The largest absolute Gasteiger partial charge is 0.481 e. The molecule has 5 heteroatoms. The third kappa shape index (κ3) is 3.93. The molecule has 136 valence electrons. The van der Waals surface area contributed by atoms with E-state index in [4.69, 9.17) is 0 Å². The number of carbonyl (C=O) groups excluding carboxylic acids is 1. The van der Waals surface area contributed by atoms with Crippen LogP contribution in [0.1, 0.15) is 36.3 Å². The Bertz CT molecular complexity index is 776. The second-order valence-corrected chi connectivity index (χ2v) is 6.92. The Morgan fingerprint density at radius 2 is 1.77 bits per heavy atom. The molecule has 3 rings (SSSR count). The van der Waals surface area contributed by atoms with E-state index in [1.54, 1.807) is 17.0 Å². The van der Waals surface area contributed by atoms with Gasteiger partial charge >= 0.3 is 5.97 Å². The summed E-state index contributed by atoms with van der Waals surface area (Å²) in [6.45, 7) is 2.56. The number of halogens is 1. The molecule has 1 saturated heterocycles. The van der Waals surface area contributed by atoms with Crippen LogP contribution < -0.4 is 0 Å². The molecule has 1 aliphatic rings. The van der Waals surface area contributed by atoms with E-state index >= 15 is 0 Å². The van der Waals surface area contributed by atoms with Crippen molar-refractivity contribution in [3.8, 4) is 0 Å². The van der Waals surface area contributed by atoms with Gasteiger partial charge in [0.15, 0.2) is 0 Å². The van der Waals surface area contributed by atoms with E-state index in [1.165, 1.54) is 12.1 Å². The maximum atomic E-state index is 13.1. The molecule has 1 unspecified atom stereocenters. The predicted octanol–water partition coefficient (Wildman–Crippen LogP) is 3.65. The fourth-order valence-corrected chi connectivity index (χ4v) is 3.60. The van der Waals surface area contributed by atoms with E-state index in [9.17, 15) is 19.1 Å². The van der Waals surface area contributed by atoms with Gasteiger partial charge in [-0.25, -0.2) is 4.39 Å². The Balaban J connectivity index is 1.70. The van der Waals surface area contributed by atoms with Crippen LogP contribution in [-0.2, 0) is 9.59 Å². The minimum Gasteiger partial charge on any atom is -0.481 e. The molecule has 0 aromatic heterocycles. The lowest BCUT2D eigenvalue weighted by Crippen LogP contribution is -2.30. The molecule has 0 saturated carbocycles. The number of carboxylic acids is 1. The summed E-state index contributed by atoms with van der Waals surface area (Å²) in [5.41, 5.74) is 1.84. The van der Waals surface area contributed by atoms with E-state index in [-0.39, 0.29) is 36.5 Å². The number of hydrogen-bond donors (Lipinski definition) is 1. The van der Waals surface area contributed by atoms with Crippen molar-refractivity contribution in [2.45, 2.75) is 25.2 Å². The number of benzene rings is 2. The first kappa shape index (κ1) is 18.1. The van der Waals surface area contributed by atoms with Crippen molar-refractivity contribution in [2.24, 2.45) is 5.92 Å². The number of hydrogen-bond acceptors (Lipinski definition) is 2. The predicted molar refractivity (Wildman–Crippen MR) is 96.3 cm³/mol. The Morgan fingerprint density at radius 1 is 1.12 bits per heavy atom.